The molecule has 1 heterocycles. The molecule has 2 heteroatoms. The molecule has 84 valence electrons. The zero-order valence-electron chi connectivity index (χ0n) is 10.2. The van der Waals surface area contributed by atoms with Crippen LogP contribution in [0.1, 0.15) is 47.0 Å². The number of nitrogens with two attached hydrogens (primary N) is 1. The van der Waals surface area contributed by atoms with Crippen LogP contribution in [0.2, 0.25) is 0 Å². The molecule has 0 aliphatic carbocycles. The summed E-state index contributed by atoms with van der Waals surface area (Å²) in [6.07, 6.45) is 3.73. The Bertz CT molecular complexity index is 177. The predicted octanol–water partition coefficient (Wildman–Crippen LogP) is 2.23. The van der Waals surface area contributed by atoms with Crippen molar-refractivity contribution in [2.75, 3.05) is 13.1 Å². The SMILES string of the molecule is CCC(C)(N)CN1CCC(C)CC1C. The Labute approximate surface area is 88.8 Å². The van der Waals surface area contributed by atoms with Gasteiger partial charge in [-0.3, -0.25) is 4.90 Å². The molecule has 1 aliphatic heterocycles. The van der Waals surface area contributed by atoms with Crippen LogP contribution in [0.25, 0.3) is 0 Å². The van der Waals surface area contributed by atoms with Crippen molar-refractivity contribution in [2.45, 2.75) is 58.5 Å². The molecule has 14 heavy (non-hydrogen) atoms. The smallest absolute Gasteiger partial charge is 0.0252 e. The van der Waals surface area contributed by atoms with Gasteiger partial charge in [0, 0.05) is 18.1 Å². The summed E-state index contributed by atoms with van der Waals surface area (Å²) in [5, 5.41) is 0. The zero-order chi connectivity index (χ0) is 10.8. The lowest BCUT2D eigenvalue weighted by Crippen LogP contribution is -2.52. The van der Waals surface area contributed by atoms with E-state index in [1.54, 1.807) is 0 Å². The van der Waals surface area contributed by atoms with Gasteiger partial charge in [0.2, 0.25) is 0 Å². The summed E-state index contributed by atoms with van der Waals surface area (Å²) in [6.45, 7) is 11.3. The monoisotopic (exact) mass is 198 g/mol. The van der Waals surface area contributed by atoms with Crippen LogP contribution in [0, 0.1) is 5.92 Å². The fourth-order valence-corrected chi connectivity index (χ4v) is 2.27. The van der Waals surface area contributed by atoms with Gasteiger partial charge in [0.15, 0.2) is 0 Å². The van der Waals surface area contributed by atoms with Crippen molar-refractivity contribution in [2.24, 2.45) is 11.7 Å². The lowest BCUT2D eigenvalue weighted by molar-refractivity contribution is 0.103. The Hall–Kier alpha value is -0.0800. The molecule has 3 atom stereocenters. The van der Waals surface area contributed by atoms with E-state index in [0.29, 0.717) is 6.04 Å². The van der Waals surface area contributed by atoms with Crippen LogP contribution in [0.15, 0.2) is 0 Å². The summed E-state index contributed by atoms with van der Waals surface area (Å²) in [5.41, 5.74) is 6.20. The fraction of sp³-hybridized carbons (Fsp3) is 1.00. The van der Waals surface area contributed by atoms with Crippen LogP contribution >= 0.6 is 0 Å². The predicted molar refractivity (Wildman–Crippen MR) is 62.3 cm³/mol. The maximum atomic E-state index is 6.20. The van der Waals surface area contributed by atoms with Gasteiger partial charge >= 0.3 is 0 Å². The Morgan fingerprint density at radius 2 is 2.07 bits per heavy atom. The topological polar surface area (TPSA) is 29.3 Å². The molecule has 1 rings (SSSR count). The van der Waals surface area contributed by atoms with Gasteiger partial charge < -0.3 is 5.73 Å². The van der Waals surface area contributed by atoms with Gasteiger partial charge in [-0.2, -0.15) is 0 Å². The Kier molecular flexibility index (Phi) is 3.96. The maximum Gasteiger partial charge on any atom is 0.0252 e. The molecule has 0 saturated carbocycles. The minimum atomic E-state index is -0.00512. The largest absolute Gasteiger partial charge is 0.324 e. The van der Waals surface area contributed by atoms with Gasteiger partial charge in [0.05, 0.1) is 0 Å². The molecule has 1 fully saturated rings. The van der Waals surface area contributed by atoms with Crippen molar-refractivity contribution in [3.05, 3.63) is 0 Å². The summed E-state index contributed by atoms with van der Waals surface area (Å²) >= 11 is 0. The normalized spacial score (nSPS) is 34.1. The summed E-state index contributed by atoms with van der Waals surface area (Å²) < 4.78 is 0. The minimum Gasteiger partial charge on any atom is -0.324 e. The number of hydrogen-bond donors (Lipinski definition) is 1. The molecule has 0 spiro atoms. The average Bonchev–Trinajstić information content (AvgIpc) is 2.10. The number of piperidine rings is 1. The third kappa shape index (κ3) is 3.25. The first-order valence-electron chi connectivity index (χ1n) is 5.97. The van der Waals surface area contributed by atoms with Gasteiger partial charge in [0.25, 0.3) is 0 Å². The first-order valence-corrected chi connectivity index (χ1v) is 5.97. The molecule has 1 aliphatic rings. The molecule has 0 bridgehead atoms. The molecule has 2 nitrogen and oxygen atoms in total. The zero-order valence-corrected chi connectivity index (χ0v) is 10.2. The molecule has 3 unspecified atom stereocenters. The highest BCUT2D eigenvalue weighted by molar-refractivity contribution is 4.86. The van der Waals surface area contributed by atoms with Crippen LogP contribution in [0.4, 0.5) is 0 Å². The van der Waals surface area contributed by atoms with Crippen molar-refractivity contribution in [3.8, 4) is 0 Å². The third-order valence-electron chi connectivity index (χ3n) is 3.65. The second-order valence-corrected chi connectivity index (χ2v) is 5.46. The van der Waals surface area contributed by atoms with E-state index < -0.39 is 0 Å². The van der Waals surface area contributed by atoms with Gasteiger partial charge in [-0.15, -0.1) is 0 Å². The van der Waals surface area contributed by atoms with Crippen LogP contribution in [0.3, 0.4) is 0 Å². The van der Waals surface area contributed by atoms with Crippen LogP contribution in [0.5, 0.6) is 0 Å². The van der Waals surface area contributed by atoms with Crippen molar-refractivity contribution in [1.29, 1.82) is 0 Å². The Morgan fingerprint density at radius 1 is 1.43 bits per heavy atom. The van der Waals surface area contributed by atoms with Gasteiger partial charge in [-0.1, -0.05) is 13.8 Å². The summed E-state index contributed by atoms with van der Waals surface area (Å²) in [4.78, 5) is 2.56. The second kappa shape index (κ2) is 4.63. The van der Waals surface area contributed by atoms with Crippen LogP contribution in [-0.4, -0.2) is 29.6 Å². The van der Waals surface area contributed by atoms with Crippen molar-refractivity contribution in [3.63, 3.8) is 0 Å². The molecule has 1 saturated heterocycles. The Morgan fingerprint density at radius 3 is 2.57 bits per heavy atom. The molecule has 0 radical (unpaired) electrons. The quantitative estimate of drug-likeness (QED) is 0.753. The van der Waals surface area contributed by atoms with Crippen molar-refractivity contribution < 1.29 is 0 Å². The molecule has 0 aromatic heterocycles. The van der Waals surface area contributed by atoms with Crippen LogP contribution < -0.4 is 5.73 Å². The van der Waals surface area contributed by atoms with Crippen molar-refractivity contribution in [1.82, 2.24) is 4.90 Å². The highest BCUT2D eigenvalue weighted by atomic mass is 15.2. The first-order chi connectivity index (χ1) is 6.44. The molecule has 2 N–H and O–H groups in total. The maximum absolute atomic E-state index is 6.20. The number of rotatable bonds is 3. The molecule has 0 aromatic rings. The standard InChI is InChI=1S/C12H26N2/c1-5-12(4,13)9-14-7-6-10(2)8-11(14)3/h10-11H,5-9,13H2,1-4H3. The van der Waals surface area contributed by atoms with E-state index in [1.165, 1.54) is 19.4 Å². The number of nitrogens with zero attached hydrogens (tertiary/aromatic N) is 1. The third-order valence-corrected chi connectivity index (χ3v) is 3.65. The van der Waals surface area contributed by atoms with E-state index in [0.717, 1.165) is 18.9 Å². The summed E-state index contributed by atoms with van der Waals surface area (Å²) in [7, 11) is 0. The molecular formula is C12H26N2. The highest BCUT2D eigenvalue weighted by Crippen LogP contribution is 2.23. The van der Waals surface area contributed by atoms with Gasteiger partial charge in [0.1, 0.15) is 0 Å². The average molecular weight is 198 g/mol. The van der Waals surface area contributed by atoms with E-state index in [2.05, 4.69) is 32.6 Å². The van der Waals surface area contributed by atoms with Crippen molar-refractivity contribution >= 4 is 0 Å². The molecule has 0 amide bonds. The lowest BCUT2D eigenvalue weighted by Gasteiger charge is -2.40. The van der Waals surface area contributed by atoms with E-state index in [4.69, 9.17) is 5.73 Å². The number of hydrogen-bond acceptors (Lipinski definition) is 2. The van der Waals surface area contributed by atoms with E-state index in [1.807, 2.05) is 0 Å². The second-order valence-electron chi connectivity index (χ2n) is 5.46. The molecular weight excluding hydrogens is 172 g/mol. The van der Waals surface area contributed by atoms with Crippen LogP contribution in [-0.2, 0) is 0 Å². The van der Waals surface area contributed by atoms with Gasteiger partial charge in [-0.25, -0.2) is 0 Å². The summed E-state index contributed by atoms with van der Waals surface area (Å²) in [5.74, 6) is 0.895. The lowest BCUT2D eigenvalue weighted by atomic mass is 9.91. The highest BCUT2D eigenvalue weighted by Gasteiger charge is 2.27. The van der Waals surface area contributed by atoms with E-state index in [9.17, 15) is 0 Å². The van der Waals surface area contributed by atoms with Gasteiger partial charge in [-0.05, 0) is 45.6 Å². The van der Waals surface area contributed by atoms with E-state index in [-0.39, 0.29) is 5.54 Å². The van der Waals surface area contributed by atoms with E-state index >= 15 is 0 Å². The summed E-state index contributed by atoms with van der Waals surface area (Å²) in [6, 6.07) is 0.716. The first kappa shape index (κ1) is 12.0. The minimum absolute atomic E-state index is 0.00512. The fourth-order valence-electron chi connectivity index (χ4n) is 2.27. The Balaban J connectivity index is 2.45. The molecule has 0 aromatic carbocycles. The number of likely N-dealkylation sites (tertiary alicyclic amines) is 1.